The van der Waals surface area contributed by atoms with E-state index in [2.05, 4.69) is 0 Å². The number of rotatable bonds is 2. The molecule has 0 unspecified atom stereocenters. The number of esters is 2. The van der Waals surface area contributed by atoms with Gasteiger partial charge in [0.05, 0.1) is 26.1 Å². The molecule has 112 valence electrons. The molecule has 0 aromatic carbocycles. The van der Waals surface area contributed by atoms with Gasteiger partial charge < -0.3 is 19.7 Å². The van der Waals surface area contributed by atoms with Crippen molar-refractivity contribution >= 4 is 23.9 Å². The molecule has 1 fully saturated rings. The lowest BCUT2D eigenvalue weighted by molar-refractivity contribution is -0.152. The lowest BCUT2D eigenvalue weighted by atomic mass is 10.3. The van der Waals surface area contributed by atoms with Crippen LogP contribution < -0.4 is 0 Å². The van der Waals surface area contributed by atoms with Crippen LogP contribution in [0.1, 0.15) is 25.7 Å². The van der Waals surface area contributed by atoms with Gasteiger partial charge in [-0.3, -0.25) is 9.59 Å². The summed E-state index contributed by atoms with van der Waals surface area (Å²) >= 11 is 0. The second-order valence-electron chi connectivity index (χ2n) is 3.66. The van der Waals surface area contributed by atoms with Crippen molar-refractivity contribution in [1.29, 1.82) is 0 Å². The van der Waals surface area contributed by atoms with Crippen molar-refractivity contribution in [3.63, 3.8) is 0 Å². The summed E-state index contributed by atoms with van der Waals surface area (Å²) in [5.41, 5.74) is 0. The highest BCUT2D eigenvalue weighted by molar-refractivity contribution is 5.89. The Balaban J connectivity index is 0.000000396. The highest BCUT2D eigenvalue weighted by atomic mass is 16.5. The number of carboxylic acid groups (broad SMARTS) is 2. The molecule has 0 amide bonds. The van der Waals surface area contributed by atoms with E-state index in [0.717, 1.165) is 12.8 Å². The first-order valence-electron chi connectivity index (χ1n) is 5.87. The van der Waals surface area contributed by atoms with E-state index in [-0.39, 0.29) is 24.8 Å². The molecule has 2 N–H and O–H groups in total. The third kappa shape index (κ3) is 12.1. The van der Waals surface area contributed by atoms with Gasteiger partial charge in [0.15, 0.2) is 0 Å². The summed E-state index contributed by atoms with van der Waals surface area (Å²) in [5.74, 6) is -3.14. The molecule has 0 atom stereocenters. The third-order valence-electron chi connectivity index (χ3n) is 1.97. The summed E-state index contributed by atoms with van der Waals surface area (Å²) in [6.07, 6.45) is 2.92. The van der Waals surface area contributed by atoms with E-state index in [9.17, 15) is 19.2 Å². The highest BCUT2D eigenvalue weighted by Crippen LogP contribution is 2.01. The SMILES string of the molecule is O=C(O)/C=C/C(=O)O.O=C1CCC(=O)OCCCCO1. The zero-order valence-electron chi connectivity index (χ0n) is 10.7. The molecule has 0 bridgehead atoms. The minimum Gasteiger partial charge on any atom is -0.478 e. The van der Waals surface area contributed by atoms with Gasteiger partial charge in [0.2, 0.25) is 0 Å². The van der Waals surface area contributed by atoms with E-state index in [4.69, 9.17) is 19.7 Å². The average Bonchev–Trinajstić information content (AvgIpc) is 2.38. The molecule has 0 aromatic heterocycles. The second kappa shape index (κ2) is 10.5. The topological polar surface area (TPSA) is 127 Å². The molecular formula is C12H16O8. The molecule has 8 nitrogen and oxygen atoms in total. The normalized spacial score (nSPS) is 16.4. The van der Waals surface area contributed by atoms with Gasteiger partial charge in [-0.1, -0.05) is 0 Å². The van der Waals surface area contributed by atoms with Crippen LogP contribution in [0.5, 0.6) is 0 Å². The zero-order valence-corrected chi connectivity index (χ0v) is 10.7. The van der Waals surface area contributed by atoms with Crippen molar-refractivity contribution in [3.8, 4) is 0 Å². The van der Waals surface area contributed by atoms with Gasteiger partial charge in [-0.05, 0) is 12.8 Å². The zero-order chi connectivity index (χ0) is 15.4. The van der Waals surface area contributed by atoms with Crippen molar-refractivity contribution in [2.75, 3.05) is 13.2 Å². The van der Waals surface area contributed by atoms with Crippen LogP contribution in [0, 0.1) is 0 Å². The summed E-state index contributed by atoms with van der Waals surface area (Å²) in [5, 5.41) is 15.6. The lowest BCUT2D eigenvalue weighted by Crippen LogP contribution is -2.14. The maximum absolute atomic E-state index is 10.8. The van der Waals surface area contributed by atoms with Crippen molar-refractivity contribution in [2.45, 2.75) is 25.7 Å². The van der Waals surface area contributed by atoms with E-state index in [1.807, 2.05) is 0 Å². The molecule has 0 aromatic rings. The first-order valence-corrected chi connectivity index (χ1v) is 5.87. The number of hydrogen-bond donors (Lipinski definition) is 2. The van der Waals surface area contributed by atoms with Crippen LogP contribution in [0.3, 0.4) is 0 Å². The molecule has 20 heavy (non-hydrogen) atoms. The smallest absolute Gasteiger partial charge is 0.328 e. The Morgan fingerprint density at radius 1 is 0.850 bits per heavy atom. The molecule has 1 heterocycles. The maximum Gasteiger partial charge on any atom is 0.328 e. The van der Waals surface area contributed by atoms with E-state index in [1.165, 1.54) is 0 Å². The summed E-state index contributed by atoms with van der Waals surface area (Å²) in [6, 6.07) is 0. The molecule has 0 saturated carbocycles. The number of carbonyl (C=O) groups is 4. The fourth-order valence-corrected chi connectivity index (χ4v) is 1.07. The molecule has 1 aliphatic heterocycles. The van der Waals surface area contributed by atoms with Crippen LogP contribution in [0.4, 0.5) is 0 Å². The van der Waals surface area contributed by atoms with Crippen LogP contribution in [-0.2, 0) is 28.7 Å². The Hall–Kier alpha value is -2.38. The first-order chi connectivity index (χ1) is 9.41. The Kier molecular flexibility index (Phi) is 9.28. The molecule has 1 saturated heterocycles. The van der Waals surface area contributed by atoms with Gasteiger partial charge in [0.1, 0.15) is 0 Å². The van der Waals surface area contributed by atoms with Crippen LogP contribution >= 0.6 is 0 Å². The van der Waals surface area contributed by atoms with E-state index >= 15 is 0 Å². The molecule has 0 spiro atoms. The minimum atomic E-state index is -1.26. The van der Waals surface area contributed by atoms with Crippen LogP contribution in [0.25, 0.3) is 0 Å². The molecule has 8 heteroatoms. The van der Waals surface area contributed by atoms with Crippen LogP contribution in [0.15, 0.2) is 12.2 Å². The Labute approximate surface area is 115 Å². The average molecular weight is 288 g/mol. The first kappa shape index (κ1) is 17.6. The molecular weight excluding hydrogens is 272 g/mol. The van der Waals surface area contributed by atoms with Gasteiger partial charge in [0, 0.05) is 12.2 Å². The largest absolute Gasteiger partial charge is 0.478 e. The number of carbonyl (C=O) groups excluding carboxylic acids is 2. The Morgan fingerprint density at radius 3 is 1.50 bits per heavy atom. The Bertz CT molecular complexity index is 349. The van der Waals surface area contributed by atoms with Crippen molar-refractivity contribution < 1.29 is 38.9 Å². The standard InChI is InChI=1S/C8H12O4.C4H4O4/c9-7-3-4-8(10)12-6-2-1-5-11-7;5-3(6)1-2-4(7)8/h1-6H2;1-2H,(H,5,6)(H,7,8)/b;2-1+. The lowest BCUT2D eigenvalue weighted by Gasteiger charge is -2.08. The quantitative estimate of drug-likeness (QED) is 0.550. The monoisotopic (exact) mass is 288 g/mol. The predicted octanol–water partition coefficient (Wildman–Crippen LogP) is 0.359. The predicted molar refractivity (Wildman–Crippen MR) is 64.8 cm³/mol. The van der Waals surface area contributed by atoms with Gasteiger partial charge >= 0.3 is 23.9 Å². The second-order valence-corrected chi connectivity index (χ2v) is 3.66. The summed E-state index contributed by atoms with van der Waals surface area (Å²) in [4.78, 5) is 40.7. The van der Waals surface area contributed by atoms with E-state index in [1.54, 1.807) is 0 Å². The van der Waals surface area contributed by atoms with Crippen LogP contribution in [-0.4, -0.2) is 47.3 Å². The maximum atomic E-state index is 10.8. The summed E-state index contributed by atoms with van der Waals surface area (Å²) in [6.45, 7) is 0.882. The summed E-state index contributed by atoms with van der Waals surface area (Å²) < 4.78 is 9.64. The number of aliphatic carboxylic acids is 2. The van der Waals surface area contributed by atoms with Crippen molar-refractivity contribution in [2.24, 2.45) is 0 Å². The number of hydrogen-bond acceptors (Lipinski definition) is 6. The molecule has 1 aliphatic rings. The summed E-state index contributed by atoms with van der Waals surface area (Å²) in [7, 11) is 0. The molecule has 0 aliphatic carbocycles. The van der Waals surface area contributed by atoms with Crippen molar-refractivity contribution in [3.05, 3.63) is 12.2 Å². The van der Waals surface area contributed by atoms with Gasteiger partial charge in [0.25, 0.3) is 0 Å². The fourth-order valence-electron chi connectivity index (χ4n) is 1.07. The minimum absolute atomic E-state index is 0.138. The van der Waals surface area contributed by atoms with E-state index in [0.29, 0.717) is 25.4 Å². The van der Waals surface area contributed by atoms with E-state index < -0.39 is 11.9 Å². The number of cyclic esters (lactones) is 2. The highest BCUT2D eigenvalue weighted by Gasteiger charge is 2.10. The van der Waals surface area contributed by atoms with Gasteiger partial charge in [-0.25, -0.2) is 9.59 Å². The van der Waals surface area contributed by atoms with Gasteiger partial charge in [-0.15, -0.1) is 0 Å². The molecule has 1 rings (SSSR count). The third-order valence-corrected chi connectivity index (χ3v) is 1.97. The van der Waals surface area contributed by atoms with Crippen LogP contribution in [0.2, 0.25) is 0 Å². The van der Waals surface area contributed by atoms with Gasteiger partial charge in [-0.2, -0.15) is 0 Å². The number of carboxylic acids is 2. The number of ether oxygens (including phenoxy) is 2. The fraction of sp³-hybridized carbons (Fsp3) is 0.500. The molecule has 0 radical (unpaired) electrons. The van der Waals surface area contributed by atoms with Crippen molar-refractivity contribution in [1.82, 2.24) is 0 Å². The Morgan fingerprint density at radius 2 is 1.20 bits per heavy atom.